The lowest BCUT2D eigenvalue weighted by Crippen LogP contribution is -2.28. The number of nitrogens with zero attached hydrogens (tertiary/aromatic N) is 2. The minimum atomic E-state index is -0.396. The molecule has 0 aliphatic carbocycles. The van der Waals surface area contributed by atoms with E-state index in [0.29, 0.717) is 11.5 Å². The van der Waals surface area contributed by atoms with E-state index in [1.165, 1.54) is 11.8 Å². The quantitative estimate of drug-likeness (QED) is 0.910. The molecule has 2 heterocycles. The number of ether oxygens (including phenoxy) is 1. The van der Waals surface area contributed by atoms with Crippen LogP contribution in [0.2, 0.25) is 0 Å². The number of carbonyl (C=O) groups is 2. The van der Waals surface area contributed by atoms with Gasteiger partial charge in [0.2, 0.25) is 5.91 Å². The van der Waals surface area contributed by atoms with Crippen molar-refractivity contribution in [2.24, 2.45) is 0 Å². The SMILES string of the molecule is CC(=O)N(C)c1cc(NC(=O)C2CCC(C)O2)ccn1. The van der Waals surface area contributed by atoms with E-state index in [4.69, 9.17) is 4.74 Å². The third kappa shape index (κ3) is 3.33. The van der Waals surface area contributed by atoms with Crippen LogP contribution >= 0.6 is 0 Å². The Morgan fingerprint density at radius 3 is 2.80 bits per heavy atom. The van der Waals surface area contributed by atoms with Crippen LogP contribution in [0.3, 0.4) is 0 Å². The Labute approximate surface area is 118 Å². The first-order chi connectivity index (χ1) is 9.47. The summed E-state index contributed by atoms with van der Waals surface area (Å²) in [5.41, 5.74) is 0.608. The van der Waals surface area contributed by atoms with Gasteiger partial charge >= 0.3 is 0 Å². The fourth-order valence-electron chi connectivity index (χ4n) is 2.06. The first-order valence-electron chi connectivity index (χ1n) is 6.64. The number of nitrogens with one attached hydrogen (secondary N) is 1. The summed E-state index contributed by atoms with van der Waals surface area (Å²) in [6.07, 6.45) is 2.92. The van der Waals surface area contributed by atoms with Gasteiger partial charge in [0.15, 0.2) is 0 Å². The minimum absolute atomic E-state index is 0.117. The van der Waals surface area contributed by atoms with Crippen LogP contribution < -0.4 is 10.2 Å². The Hall–Kier alpha value is -1.95. The molecular weight excluding hydrogens is 258 g/mol. The second-order valence-electron chi connectivity index (χ2n) is 4.98. The normalized spacial score (nSPS) is 21.6. The van der Waals surface area contributed by atoms with E-state index >= 15 is 0 Å². The number of hydrogen-bond acceptors (Lipinski definition) is 4. The summed E-state index contributed by atoms with van der Waals surface area (Å²) in [5.74, 6) is 0.224. The Bertz CT molecular complexity index is 518. The molecule has 1 aliphatic rings. The number of rotatable bonds is 3. The van der Waals surface area contributed by atoms with Gasteiger partial charge in [-0.1, -0.05) is 0 Å². The average Bonchev–Trinajstić information content (AvgIpc) is 2.85. The summed E-state index contributed by atoms with van der Waals surface area (Å²) < 4.78 is 5.52. The van der Waals surface area contributed by atoms with E-state index in [9.17, 15) is 9.59 Å². The molecule has 2 rings (SSSR count). The molecule has 6 nitrogen and oxygen atoms in total. The summed E-state index contributed by atoms with van der Waals surface area (Å²) in [4.78, 5) is 28.9. The zero-order valence-electron chi connectivity index (χ0n) is 11.9. The second-order valence-corrected chi connectivity index (χ2v) is 4.98. The monoisotopic (exact) mass is 277 g/mol. The van der Waals surface area contributed by atoms with E-state index in [2.05, 4.69) is 10.3 Å². The van der Waals surface area contributed by atoms with Crippen molar-refractivity contribution in [2.45, 2.75) is 38.9 Å². The van der Waals surface area contributed by atoms with Crippen LogP contribution in [0.4, 0.5) is 11.5 Å². The molecule has 0 radical (unpaired) electrons. The molecule has 1 saturated heterocycles. The van der Waals surface area contributed by atoms with Crippen molar-refractivity contribution < 1.29 is 14.3 Å². The summed E-state index contributed by atoms with van der Waals surface area (Å²) in [6.45, 7) is 3.42. The molecule has 6 heteroatoms. The molecule has 0 aromatic carbocycles. The largest absolute Gasteiger partial charge is 0.365 e. The van der Waals surface area contributed by atoms with E-state index in [0.717, 1.165) is 12.8 Å². The number of hydrogen-bond donors (Lipinski definition) is 1. The zero-order chi connectivity index (χ0) is 14.7. The predicted molar refractivity (Wildman–Crippen MR) is 75.5 cm³/mol. The van der Waals surface area contributed by atoms with Crippen molar-refractivity contribution >= 4 is 23.3 Å². The fraction of sp³-hybridized carbons (Fsp3) is 0.500. The van der Waals surface area contributed by atoms with Gasteiger partial charge in [-0.05, 0) is 25.8 Å². The van der Waals surface area contributed by atoms with Gasteiger partial charge in [0.05, 0.1) is 6.10 Å². The highest BCUT2D eigenvalue weighted by Gasteiger charge is 2.28. The Morgan fingerprint density at radius 1 is 1.45 bits per heavy atom. The highest BCUT2D eigenvalue weighted by molar-refractivity contribution is 5.95. The molecule has 2 amide bonds. The van der Waals surface area contributed by atoms with Gasteiger partial charge in [-0.2, -0.15) is 0 Å². The maximum absolute atomic E-state index is 12.0. The highest BCUT2D eigenvalue weighted by Crippen LogP contribution is 2.21. The Kier molecular flexibility index (Phi) is 4.34. The van der Waals surface area contributed by atoms with Crippen molar-refractivity contribution in [3.8, 4) is 0 Å². The summed E-state index contributed by atoms with van der Waals surface area (Å²) in [6, 6.07) is 3.35. The molecule has 1 aromatic heterocycles. The van der Waals surface area contributed by atoms with Crippen LogP contribution in [-0.4, -0.2) is 36.1 Å². The standard InChI is InChI=1S/C14H19N3O3/c1-9-4-5-12(20-9)14(19)16-11-6-7-15-13(8-11)17(3)10(2)18/h6-9,12H,4-5H2,1-3H3,(H,15,16,19). The molecule has 1 N–H and O–H groups in total. The van der Waals surface area contributed by atoms with Crippen molar-refractivity contribution in [3.05, 3.63) is 18.3 Å². The van der Waals surface area contributed by atoms with Crippen molar-refractivity contribution in [2.75, 3.05) is 17.3 Å². The molecule has 0 bridgehead atoms. The predicted octanol–water partition coefficient (Wildman–Crippen LogP) is 1.57. The Balaban J connectivity index is 2.04. The van der Waals surface area contributed by atoms with Crippen LogP contribution in [0.15, 0.2) is 18.3 Å². The van der Waals surface area contributed by atoms with Gasteiger partial charge in [-0.25, -0.2) is 4.98 Å². The van der Waals surface area contributed by atoms with Crippen LogP contribution in [0.1, 0.15) is 26.7 Å². The summed E-state index contributed by atoms with van der Waals surface area (Å²) in [7, 11) is 1.64. The van der Waals surface area contributed by atoms with Gasteiger partial charge < -0.3 is 15.0 Å². The lowest BCUT2D eigenvalue weighted by molar-refractivity contribution is -0.126. The lowest BCUT2D eigenvalue weighted by Gasteiger charge is -2.16. The van der Waals surface area contributed by atoms with Crippen molar-refractivity contribution in [1.82, 2.24) is 4.98 Å². The highest BCUT2D eigenvalue weighted by atomic mass is 16.5. The molecule has 0 saturated carbocycles. The molecule has 108 valence electrons. The molecule has 2 atom stereocenters. The van der Waals surface area contributed by atoms with Crippen LogP contribution in [0.5, 0.6) is 0 Å². The number of anilines is 2. The van der Waals surface area contributed by atoms with Gasteiger partial charge in [-0.15, -0.1) is 0 Å². The lowest BCUT2D eigenvalue weighted by atomic mass is 10.2. The first-order valence-corrected chi connectivity index (χ1v) is 6.64. The molecule has 1 aliphatic heterocycles. The summed E-state index contributed by atoms with van der Waals surface area (Å²) >= 11 is 0. The molecule has 0 spiro atoms. The molecule has 20 heavy (non-hydrogen) atoms. The van der Waals surface area contributed by atoms with Crippen LogP contribution in [-0.2, 0) is 14.3 Å². The van der Waals surface area contributed by atoms with E-state index in [1.54, 1.807) is 25.4 Å². The number of carbonyl (C=O) groups excluding carboxylic acids is 2. The van der Waals surface area contributed by atoms with E-state index in [-0.39, 0.29) is 17.9 Å². The van der Waals surface area contributed by atoms with Crippen LogP contribution in [0, 0.1) is 0 Å². The van der Waals surface area contributed by atoms with E-state index < -0.39 is 6.10 Å². The molecular formula is C14H19N3O3. The van der Waals surface area contributed by atoms with Gasteiger partial charge in [0, 0.05) is 31.9 Å². The fourth-order valence-corrected chi connectivity index (χ4v) is 2.06. The minimum Gasteiger partial charge on any atom is -0.365 e. The van der Waals surface area contributed by atoms with E-state index in [1.807, 2.05) is 6.92 Å². The summed E-state index contributed by atoms with van der Waals surface area (Å²) in [5, 5.41) is 2.80. The van der Waals surface area contributed by atoms with Crippen LogP contribution in [0.25, 0.3) is 0 Å². The smallest absolute Gasteiger partial charge is 0.253 e. The molecule has 1 fully saturated rings. The maximum atomic E-state index is 12.0. The topological polar surface area (TPSA) is 71.5 Å². The third-order valence-electron chi connectivity index (χ3n) is 3.35. The number of amides is 2. The van der Waals surface area contributed by atoms with Gasteiger partial charge in [-0.3, -0.25) is 9.59 Å². The van der Waals surface area contributed by atoms with Gasteiger partial charge in [0.25, 0.3) is 5.91 Å². The van der Waals surface area contributed by atoms with Gasteiger partial charge in [0.1, 0.15) is 11.9 Å². The second kappa shape index (κ2) is 6.00. The van der Waals surface area contributed by atoms with Crippen molar-refractivity contribution in [1.29, 1.82) is 0 Å². The maximum Gasteiger partial charge on any atom is 0.253 e. The molecule has 1 aromatic rings. The zero-order valence-corrected chi connectivity index (χ0v) is 11.9. The number of pyridine rings is 1. The first kappa shape index (κ1) is 14.5. The average molecular weight is 277 g/mol. The number of aromatic nitrogens is 1. The molecule has 2 unspecified atom stereocenters. The van der Waals surface area contributed by atoms with Crippen molar-refractivity contribution in [3.63, 3.8) is 0 Å². The third-order valence-corrected chi connectivity index (χ3v) is 3.35. The Morgan fingerprint density at radius 2 is 2.20 bits per heavy atom.